The molecule has 1 fully saturated rings. The van der Waals surface area contributed by atoms with Crippen molar-refractivity contribution < 1.29 is 9.53 Å². The van der Waals surface area contributed by atoms with Crippen molar-refractivity contribution in [3.63, 3.8) is 0 Å². The number of aryl methyl sites for hydroxylation is 1. The monoisotopic (exact) mass is 282 g/mol. The van der Waals surface area contributed by atoms with Crippen LogP contribution >= 0.6 is 0 Å². The third kappa shape index (κ3) is 3.73. The van der Waals surface area contributed by atoms with Crippen molar-refractivity contribution in [2.24, 2.45) is 0 Å². The lowest BCUT2D eigenvalue weighted by Gasteiger charge is -2.20. The molecule has 2 heterocycles. The number of rotatable bonds is 6. The molecule has 1 N–H and O–H groups in total. The normalized spacial score (nSPS) is 23.4. The molecule has 1 aliphatic heterocycles. The van der Waals surface area contributed by atoms with E-state index in [1.807, 2.05) is 0 Å². The van der Waals surface area contributed by atoms with Crippen LogP contribution in [0.25, 0.3) is 0 Å². The van der Waals surface area contributed by atoms with E-state index in [1.54, 1.807) is 11.8 Å². The van der Waals surface area contributed by atoms with Gasteiger partial charge < -0.3 is 10.1 Å². The maximum absolute atomic E-state index is 12.0. The summed E-state index contributed by atoms with van der Waals surface area (Å²) >= 11 is 0. The fourth-order valence-corrected chi connectivity index (χ4v) is 2.38. The summed E-state index contributed by atoms with van der Waals surface area (Å²) in [4.78, 5) is 14.3. The molecule has 2 atom stereocenters. The Bertz CT molecular complexity index is 422. The Hall–Kier alpha value is -1.54. The molecular weight excluding hydrogens is 260 g/mol. The van der Waals surface area contributed by atoms with Crippen LogP contribution in [0.3, 0.4) is 0 Å². The first-order valence-corrected chi connectivity index (χ1v) is 6.87. The number of nitrogens with one attached hydrogen (secondary N) is 1. The Morgan fingerprint density at radius 3 is 2.90 bits per heavy atom. The smallest absolute Gasteiger partial charge is 0.222 e. The minimum Gasteiger partial charge on any atom is -0.378 e. The largest absolute Gasteiger partial charge is 0.378 e. The summed E-state index contributed by atoms with van der Waals surface area (Å²) in [6.45, 7) is 6.46. The molecule has 1 amide bonds. The molecule has 0 radical (unpaired) electrons. The van der Waals surface area contributed by atoms with Gasteiger partial charge in [0.05, 0.1) is 18.7 Å². The number of aromatic nitrogens is 4. The number of nitrogens with zero attached hydrogens (tertiary/aromatic N) is 5. The van der Waals surface area contributed by atoms with Crippen molar-refractivity contribution >= 4 is 5.91 Å². The topological polar surface area (TPSA) is 85.2 Å². The molecule has 0 bridgehead atoms. The second-order valence-electron chi connectivity index (χ2n) is 5.32. The van der Waals surface area contributed by atoms with Crippen LogP contribution < -0.4 is 5.32 Å². The van der Waals surface area contributed by atoms with Crippen LogP contribution in [-0.4, -0.2) is 69.4 Å². The van der Waals surface area contributed by atoms with Crippen molar-refractivity contribution in [1.82, 2.24) is 30.4 Å². The van der Waals surface area contributed by atoms with E-state index in [-0.39, 0.29) is 18.1 Å². The molecule has 0 spiro atoms. The fourth-order valence-electron chi connectivity index (χ4n) is 2.38. The second-order valence-corrected chi connectivity index (χ2v) is 5.32. The highest BCUT2D eigenvalue weighted by Gasteiger charge is 2.34. The Morgan fingerprint density at radius 2 is 2.30 bits per heavy atom. The van der Waals surface area contributed by atoms with Crippen molar-refractivity contribution in [2.75, 3.05) is 20.2 Å². The summed E-state index contributed by atoms with van der Waals surface area (Å²) in [6, 6.07) is 0.500. The van der Waals surface area contributed by atoms with Gasteiger partial charge >= 0.3 is 0 Å². The molecule has 0 saturated carbocycles. The van der Waals surface area contributed by atoms with E-state index in [1.165, 1.54) is 6.33 Å². The number of tetrazole rings is 1. The molecule has 1 saturated heterocycles. The summed E-state index contributed by atoms with van der Waals surface area (Å²) in [5.74, 6) is -0.00171. The van der Waals surface area contributed by atoms with Crippen molar-refractivity contribution in [3.05, 3.63) is 6.33 Å². The minimum absolute atomic E-state index is 0.00171. The molecule has 8 nitrogen and oxygen atoms in total. The summed E-state index contributed by atoms with van der Waals surface area (Å²) < 4.78 is 7.01. The van der Waals surface area contributed by atoms with Gasteiger partial charge in [0.1, 0.15) is 6.33 Å². The van der Waals surface area contributed by atoms with Crippen LogP contribution in [0.5, 0.6) is 0 Å². The molecule has 1 aromatic rings. The lowest BCUT2D eigenvalue weighted by molar-refractivity contribution is -0.122. The van der Waals surface area contributed by atoms with Crippen LogP contribution in [0.1, 0.15) is 20.3 Å². The summed E-state index contributed by atoms with van der Waals surface area (Å²) in [6.07, 6.45) is 1.91. The van der Waals surface area contributed by atoms with Gasteiger partial charge in [-0.25, -0.2) is 4.68 Å². The fraction of sp³-hybridized carbons (Fsp3) is 0.833. The Morgan fingerprint density at radius 1 is 1.50 bits per heavy atom. The van der Waals surface area contributed by atoms with E-state index < -0.39 is 0 Å². The maximum Gasteiger partial charge on any atom is 0.222 e. The number of likely N-dealkylation sites (tertiary alicyclic amines) is 1. The Balaban J connectivity index is 1.80. The number of hydrogen-bond donors (Lipinski definition) is 1. The minimum atomic E-state index is -0.00171. The van der Waals surface area contributed by atoms with Gasteiger partial charge in [0.2, 0.25) is 5.91 Å². The van der Waals surface area contributed by atoms with Gasteiger partial charge in [-0.1, -0.05) is 0 Å². The van der Waals surface area contributed by atoms with Crippen molar-refractivity contribution in [1.29, 1.82) is 0 Å². The summed E-state index contributed by atoms with van der Waals surface area (Å²) in [7, 11) is 1.69. The number of carbonyl (C=O) groups excluding carboxylic acids is 1. The molecule has 0 aromatic carbocycles. The number of amides is 1. The molecule has 20 heavy (non-hydrogen) atoms. The molecule has 1 aliphatic rings. The van der Waals surface area contributed by atoms with E-state index in [4.69, 9.17) is 4.74 Å². The number of ether oxygens (including phenoxy) is 1. The first-order valence-electron chi connectivity index (χ1n) is 6.87. The van der Waals surface area contributed by atoms with Gasteiger partial charge in [-0.05, 0) is 24.3 Å². The first-order chi connectivity index (χ1) is 9.60. The van der Waals surface area contributed by atoms with Crippen LogP contribution in [0.2, 0.25) is 0 Å². The zero-order chi connectivity index (χ0) is 14.5. The van der Waals surface area contributed by atoms with E-state index in [0.717, 1.165) is 13.1 Å². The van der Waals surface area contributed by atoms with Crippen LogP contribution in [-0.2, 0) is 16.1 Å². The third-order valence-corrected chi connectivity index (χ3v) is 3.63. The van der Waals surface area contributed by atoms with Gasteiger partial charge in [-0.3, -0.25) is 9.69 Å². The van der Waals surface area contributed by atoms with Crippen molar-refractivity contribution in [3.8, 4) is 0 Å². The number of methoxy groups -OCH3 is 1. The molecule has 0 unspecified atom stereocenters. The molecule has 112 valence electrons. The highest BCUT2D eigenvalue weighted by atomic mass is 16.5. The first kappa shape index (κ1) is 14.9. The molecular formula is C12H22N6O2. The van der Waals surface area contributed by atoms with Crippen LogP contribution in [0, 0.1) is 0 Å². The summed E-state index contributed by atoms with van der Waals surface area (Å²) in [5.41, 5.74) is 0. The van der Waals surface area contributed by atoms with E-state index in [9.17, 15) is 4.79 Å². The zero-order valence-electron chi connectivity index (χ0n) is 12.2. The van der Waals surface area contributed by atoms with Gasteiger partial charge in [0.15, 0.2) is 0 Å². The number of hydrogen-bond acceptors (Lipinski definition) is 6. The van der Waals surface area contributed by atoms with E-state index in [2.05, 4.69) is 39.6 Å². The predicted octanol–water partition coefficient (Wildman–Crippen LogP) is -0.713. The highest BCUT2D eigenvalue weighted by Crippen LogP contribution is 2.15. The van der Waals surface area contributed by atoms with Crippen molar-refractivity contribution in [2.45, 2.75) is 45.0 Å². The Kier molecular flexibility index (Phi) is 5.02. The molecule has 8 heteroatoms. The lowest BCUT2D eigenvalue weighted by atomic mass is 10.2. The van der Waals surface area contributed by atoms with Crippen LogP contribution in [0.15, 0.2) is 6.33 Å². The number of carbonyl (C=O) groups is 1. The molecule has 0 aliphatic carbocycles. The molecule has 1 aromatic heterocycles. The van der Waals surface area contributed by atoms with Gasteiger partial charge in [0.25, 0.3) is 0 Å². The van der Waals surface area contributed by atoms with E-state index >= 15 is 0 Å². The van der Waals surface area contributed by atoms with Crippen LogP contribution in [0.4, 0.5) is 0 Å². The SMILES string of the molecule is CO[C@H]1CN(C(C)C)C[C@@H]1NC(=O)CCn1cnnn1. The Labute approximate surface area is 118 Å². The van der Waals surface area contributed by atoms with E-state index in [0.29, 0.717) is 19.0 Å². The third-order valence-electron chi connectivity index (χ3n) is 3.63. The summed E-state index contributed by atoms with van der Waals surface area (Å²) in [5, 5.41) is 13.8. The average Bonchev–Trinajstić information content (AvgIpc) is 3.05. The lowest BCUT2D eigenvalue weighted by Crippen LogP contribution is -2.44. The molecule has 2 rings (SSSR count). The average molecular weight is 282 g/mol. The standard InChI is InChI=1S/C12H22N6O2/c1-9(2)17-6-10(11(7-17)20-3)14-12(19)4-5-18-8-13-15-16-18/h8-11H,4-7H2,1-3H3,(H,14,19)/t10-,11-/m0/s1. The quantitative estimate of drug-likeness (QED) is 0.741. The maximum atomic E-state index is 12.0. The second kappa shape index (κ2) is 6.76. The van der Waals surface area contributed by atoms with Gasteiger partial charge in [-0.15, -0.1) is 5.10 Å². The zero-order valence-corrected chi connectivity index (χ0v) is 12.2. The van der Waals surface area contributed by atoms with Gasteiger partial charge in [0, 0.05) is 32.7 Å². The van der Waals surface area contributed by atoms with Gasteiger partial charge in [-0.2, -0.15) is 0 Å². The highest BCUT2D eigenvalue weighted by molar-refractivity contribution is 5.76. The predicted molar refractivity (Wildman–Crippen MR) is 71.9 cm³/mol.